The van der Waals surface area contributed by atoms with Gasteiger partial charge in [-0.05, 0) is 48.2 Å². The topological polar surface area (TPSA) is 69.0 Å². The van der Waals surface area contributed by atoms with E-state index in [4.69, 9.17) is 16.3 Å². The summed E-state index contributed by atoms with van der Waals surface area (Å²) in [5.74, 6) is 0.756. The molecular weight excluding hydrogens is 420 g/mol. The number of ether oxygens (including phenoxy) is 1. The molecule has 0 spiro atoms. The Balaban J connectivity index is 1.33. The number of nitrogens with zero attached hydrogens (tertiary/aromatic N) is 3. The Morgan fingerprint density at radius 3 is 2.80 bits per heavy atom. The predicted octanol–water partition coefficient (Wildman–Crippen LogP) is 5.18. The SMILES string of the molecule is Cc1cccc(Cn2cnc(NC(=O)c3cc(COc4ccc(Cl)cc4)cs3)n2)c1. The standard InChI is InChI=1S/C22H19ClN4O2S/c1-15-3-2-4-16(9-15)11-27-14-24-22(26-27)25-21(28)20-10-17(13-30-20)12-29-19-7-5-18(23)6-8-19/h2-10,13-14H,11-12H2,1H3,(H,25,26,28). The van der Waals surface area contributed by atoms with Gasteiger partial charge in [-0.2, -0.15) is 0 Å². The van der Waals surface area contributed by atoms with Gasteiger partial charge in [0.1, 0.15) is 18.7 Å². The number of carbonyl (C=O) groups excluding carboxylic acids is 1. The van der Waals surface area contributed by atoms with Crippen LogP contribution in [0.25, 0.3) is 0 Å². The fourth-order valence-corrected chi connectivity index (χ4v) is 3.77. The molecule has 0 aliphatic rings. The van der Waals surface area contributed by atoms with Crippen LogP contribution in [0.5, 0.6) is 5.75 Å². The summed E-state index contributed by atoms with van der Waals surface area (Å²) in [6.45, 7) is 3.01. The van der Waals surface area contributed by atoms with Gasteiger partial charge < -0.3 is 4.74 Å². The smallest absolute Gasteiger partial charge is 0.268 e. The van der Waals surface area contributed by atoms with E-state index < -0.39 is 0 Å². The minimum Gasteiger partial charge on any atom is -0.489 e. The van der Waals surface area contributed by atoms with Crippen LogP contribution in [0.2, 0.25) is 5.02 Å². The number of thiophene rings is 1. The molecule has 1 N–H and O–H groups in total. The van der Waals surface area contributed by atoms with Crippen LogP contribution in [-0.2, 0) is 13.2 Å². The Morgan fingerprint density at radius 1 is 1.17 bits per heavy atom. The summed E-state index contributed by atoms with van der Waals surface area (Å²) in [6, 6.07) is 17.2. The summed E-state index contributed by atoms with van der Waals surface area (Å²) in [6.07, 6.45) is 1.61. The summed E-state index contributed by atoms with van der Waals surface area (Å²) >= 11 is 7.22. The van der Waals surface area contributed by atoms with E-state index in [2.05, 4.69) is 21.5 Å². The highest BCUT2D eigenvalue weighted by Crippen LogP contribution is 2.20. The second-order valence-electron chi connectivity index (χ2n) is 6.77. The quantitative estimate of drug-likeness (QED) is 0.431. The highest BCUT2D eigenvalue weighted by Gasteiger charge is 2.12. The highest BCUT2D eigenvalue weighted by atomic mass is 35.5. The van der Waals surface area contributed by atoms with E-state index in [1.54, 1.807) is 41.3 Å². The third-order valence-electron chi connectivity index (χ3n) is 4.29. The van der Waals surface area contributed by atoms with Crippen molar-refractivity contribution in [2.75, 3.05) is 5.32 Å². The lowest BCUT2D eigenvalue weighted by molar-refractivity contribution is 0.102. The summed E-state index contributed by atoms with van der Waals surface area (Å²) in [5, 5.41) is 9.63. The van der Waals surface area contributed by atoms with Crippen LogP contribution in [0.15, 0.2) is 66.3 Å². The number of rotatable bonds is 7. The zero-order valence-corrected chi connectivity index (χ0v) is 17.8. The predicted molar refractivity (Wildman–Crippen MR) is 118 cm³/mol. The first-order valence-corrected chi connectivity index (χ1v) is 10.5. The molecule has 0 radical (unpaired) electrons. The molecule has 1 amide bonds. The van der Waals surface area contributed by atoms with Crippen molar-refractivity contribution in [3.63, 3.8) is 0 Å². The first-order chi connectivity index (χ1) is 14.5. The molecular formula is C22H19ClN4O2S. The summed E-state index contributed by atoms with van der Waals surface area (Å²) in [5.41, 5.74) is 3.23. The number of amides is 1. The molecule has 0 aliphatic carbocycles. The number of carbonyl (C=O) groups is 1. The molecule has 0 fully saturated rings. The number of aryl methyl sites for hydroxylation is 1. The molecule has 6 nitrogen and oxygen atoms in total. The Labute approximate surface area is 183 Å². The van der Waals surface area contributed by atoms with Crippen molar-refractivity contribution < 1.29 is 9.53 Å². The van der Waals surface area contributed by atoms with Crippen LogP contribution < -0.4 is 10.1 Å². The third kappa shape index (κ3) is 5.25. The van der Waals surface area contributed by atoms with E-state index in [-0.39, 0.29) is 11.9 Å². The van der Waals surface area contributed by atoms with Crippen LogP contribution >= 0.6 is 22.9 Å². The molecule has 2 heterocycles. The zero-order valence-electron chi connectivity index (χ0n) is 16.2. The lowest BCUT2D eigenvalue weighted by Gasteiger charge is -2.04. The largest absolute Gasteiger partial charge is 0.489 e. The molecule has 0 aliphatic heterocycles. The number of hydrogen-bond acceptors (Lipinski definition) is 5. The van der Waals surface area contributed by atoms with Crippen molar-refractivity contribution in [2.45, 2.75) is 20.1 Å². The number of halogens is 1. The van der Waals surface area contributed by atoms with Gasteiger partial charge in [0.15, 0.2) is 0 Å². The van der Waals surface area contributed by atoms with E-state index in [1.807, 2.05) is 30.5 Å². The molecule has 30 heavy (non-hydrogen) atoms. The Hall–Kier alpha value is -3.16. The van der Waals surface area contributed by atoms with Gasteiger partial charge in [0, 0.05) is 10.6 Å². The van der Waals surface area contributed by atoms with Crippen molar-refractivity contribution >= 4 is 34.8 Å². The van der Waals surface area contributed by atoms with Crippen LogP contribution in [0.4, 0.5) is 5.95 Å². The van der Waals surface area contributed by atoms with Crippen molar-refractivity contribution in [1.82, 2.24) is 14.8 Å². The highest BCUT2D eigenvalue weighted by molar-refractivity contribution is 7.12. The van der Waals surface area contributed by atoms with E-state index in [0.29, 0.717) is 23.1 Å². The molecule has 0 saturated carbocycles. The molecule has 8 heteroatoms. The molecule has 0 bridgehead atoms. The van der Waals surface area contributed by atoms with E-state index in [0.717, 1.165) is 16.9 Å². The Bertz CT molecular complexity index is 1150. The molecule has 2 aromatic carbocycles. The number of anilines is 1. The average Bonchev–Trinajstić information content (AvgIpc) is 3.37. The molecule has 2 aromatic heterocycles. The van der Waals surface area contributed by atoms with Crippen LogP contribution in [0.3, 0.4) is 0 Å². The first-order valence-electron chi connectivity index (χ1n) is 9.27. The lowest BCUT2D eigenvalue weighted by Crippen LogP contribution is -2.12. The maximum absolute atomic E-state index is 12.5. The van der Waals surface area contributed by atoms with Gasteiger partial charge in [-0.25, -0.2) is 9.67 Å². The van der Waals surface area contributed by atoms with E-state index in [1.165, 1.54) is 16.9 Å². The maximum atomic E-state index is 12.5. The molecule has 0 unspecified atom stereocenters. The van der Waals surface area contributed by atoms with Gasteiger partial charge in [-0.1, -0.05) is 41.4 Å². The first kappa shape index (κ1) is 20.1. The minimum absolute atomic E-state index is 0.244. The average molecular weight is 439 g/mol. The normalized spacial score (nSPS) is 10.7. The molecule has 152 valence electrons. The minimum atomic E-state index is -0.244. The fourth-order valence-electron chi connectivity index (χ4n) is 2.86. The Kier molecular flexibility index (Phi) is 6.11. The van der Waals surface area contributed by atoms with Crippen LogP contribution in [-0.4, -0.2) is 20.7 Å². The third-order valence-corrected chi connectivity index (χ3v) is 5.52. The maximum Gasteiger partial charge on any atom is 0.268 e. The van der Waals surface area contributed by atoms with Gasteiger partial charge in [-0.3, -0.25) is 10.1 Å². The molecule has 4 rings (SSSR count). The second-order valence-corrected chi connectivity index (χ2v) is 8.12. The van der Waals surface area contributed by atoms with Crippen molar-refractivity contribution in [3.8, 4) is 5.75 Å². The van der Waals surface area contributed by atoms with E-state index in [9.17, 15) is 4.79 Å². The second kappa shape index (κ2) is 9.11. The number of benzene rings is 2. The Morgan fingerprint density at radius 2 is 2.00 bits per heavy atom. The summed E-state index contributed by atoms with van der Waals surface area (Å²) in [7, 11) is 0. The zero-order chi connectivity index (χ0) is 20.9. The van der Waals surface area contributed by atoms with Gasteiger partial charge >= 0.3 is 0 Å². The monoisotopic (exact) mass is 438 g/mol. The van der Waals surface area contributed by atoms with Gasteiger partial charge in [-0.15, -0.1) is 16.4 Å². The summed E-state index contributed by atoms with van der Waals surface area (Å²) in [4.78, 5) is 17.3. The number of aromatic nitrogens is 3. The van der Waals surface area contributed by atoms with Gasteiger partial charge in [0.2, 0.25) is 5.95 Å². The van der Waals surface area contributed by atoms with E-state index >= 15 is 0 Å². The van der Waals surface area contributed by atoms with Gasteiger partial charge in [0.05, 0.1) is 11.4 Å². The van der Waals surface area contributed by atoms with Crippen LogP contribution in [0.1, 0.15) is 26.4 Å². The molecule has 0 saturated heterocycles. The fraction of sp³-hybridized carbons (Fsp3) is 0.136. The van der Waals surface area contributed by atoms with Crippen molar-refractivity contribution in [1.29, 1.82) is 0 Å². The van der Waals surface area contributed by atoms with Crippen molar-refractivity contribution in [3.05, 3.63) is 92.9 Å². The molecule has 4 aromatic rings. The summed E-state index contributed by atoms with van der Waals surface area (Å²) < 4.78 is 7.41. The van der Waals surface area contributed by atoms with Crippen LogP contribution in [0, 0.1) is 6.92 Å². The van der Waals surface area contributed by atoms with Crippen molar-refractivity contribution in [2.24, 2.45) is 0 Å². The molecule has 0 atom stereocenters. The lowest BCUT2D eigenvalue weighted by atomic mass is 10.1. The number of nitrogens with one attached hydrogen (secondary N) is 1. The van der Waals surface area contributed by atoms with Gasteiger partial charge in [0.25, 0.3) is 5.91 Å². The number of hydrogen-bond donors (Lipinski definition) is 1.